The van der Waals surface area contributed by atoms with Gasteiger partial charge in [0.05, 0.1) is 7.11 Å². The molecular formula is C7H15NO2. The van der Waals surface area contributed by atoms with Gasteiger partial charge in [0, 0.05) is 0 Å². The SMILES string of the molecule is COC(=O)C(N)C(C)(C)C. The fourth-order valence-electron chi connectivity index (χ4n) is 0.481. The van der Waals surface area contributed by atoms with Crippen molar-refractivity contribution in [2.75, 3.05) is 7.11 Å². The van der Waals surface area contributed by atoms with Crippen LogP contribution in [0.1, 0.15) is 20.8 Å². The van der Waals surface area contributed by atoms with E-state index in [1.807, 2.05) is 20.8 Å². The van der Waals surface area contributed by atoms with E-state index in [4.69, 9.17) is 5.73 Å². The van der Waals surface area contributed by atoms with Gasteiger partial charge >= 0.3 is 5.97 Å². The molecule has 0 fully saturated rings. The maximum absolute atomic E-state index is 10.8. The first kappa shape index (κ1) is 9.43. The van der Waals surface area contributed by atoms with Gasteiger partial charge in [-0.05, 0) is 5.41 Å². The third kappa shape index (κ3) is 2.35. The zero-order chi connectivity index (χ0) is 8.36. The zero-order valence-electron chi connectivity index (χ0n) is 6.97. The lowest BCUT2D eigenvalue weighted by Gasteiger charge is -2.23. The van der Waals surface area contributed by atoms with Crippen molar-refractivity contribution >= 4 is 5.97 Å². The van der Waals surface area contributed by atoms with Crippen molar-refractivity contribution in [2.45, 2.75) is 26.8 Å². The normalized spacial score (nSPS) is 14.5. The minimum absolute atomic E-state index is 0.215. The molecule has 1 unspecified atom stereocenters. The smallest absolute Gasteiger partial charge is 0.323 e. The van der Waals surface area contributed by atoms with Crippen LogP contribution in [0.15, 0.2) is 0 Å². The van der Waals surface area contributed by atoms with Gasteiger partial charge in [0.2, 0.25) is 0 Å². The van der Waals surface area contributed by atoms with Crippen LogP contribution >= 0.6 is 0 Å². The van der Waals surface area contributed by atoms with Gasteiger partial charge in [0.1, 0.15) is 6.04 Å². The molecule has 0 aliphatic carbocycles. The second kappa shape index (κ2) is 3.01. The van der Waals surface area contributed by atoms with E-state index in [1.165, 1.54) is 7.11 Å². The van der Waals surface area contributed by atoms with E-state index in [9.17, 15) is 4.79 Å². The van der Waals surface area contributed by atoms with E-state index in [2.05, 4.69) is 4.74 Å². The molecule has 0 heterocycles. The summed E-state index contributed by atoms with van der Waals surface area (Å²) >= 11 is 0. The largest absolute Gasteiger partial charge is 0.468 e. The van der Waals surface area contributed by atoms with Gasteiger partial charge in [-0.1, -0.05) is 20.8 Å². The molecule has 0 aromatic rings. The quantitative estimate of drug-likeness (QED) is 0.548. The van der Waals surface area contributed by atoms with Crippen molar-refractivity contribution in [1.82, 2.24) is 0 Å². The highest BCUT2D eigenvalue weighted by Crippen LogP contribution is 2.17. The number of carbonyl (C=O) groups excluding carboxylic acids is 1. The van der Waals surface area contributed by atoms with Crippen LogP contribution in [-0.2, 0) is 9.53 Å². The first-order valence-corrected chi connectivity index (χ1v) is 3.23. The van der Waals surface area contributed by atoms with Gasteiger partial charge in [0.25, 0.3) is 0 Å². The number of hydrogen-bond donors (Lipinski definition) is 1. The van der Waals surface area contributed by atoms with Crippen molar-refractivity contribution in [1.29, 1.82) is 0 Å². The molecule has 10 heavy (non-hydrogen) atoms. The Morgan fingerprint density at radius 3 is 2.00 bits per heavy atom. The standard InChI is InChI=1S/C7H15NO2/c1-7(2,3)5(8)6(9)10-4/h5H,8H2,1-4H3. The third-order valence-electron chi connectivity index (χ3n) is 1.39. The molecule has 3 heteroatoms. The number of esters is 1. The summed E-state index contributed by atoms with van der Waals surface area (Å²) in [6, 6.07) is -0.530. The summed E-state index contributed by atoms with van der Waals surface area (Å²) in [5.74, 6) is -0.354. The van der Waals surface area contributed by atoms with Gasteiger partial charge in [-0.3, -0.25) is 4.79 Å². The van der Waals surface area contributed by atoms with Crippen LogP contribution in [0.2, 0.25) is 0 Å². The summed E-state index contributed by atoms with van der Waals surface area (Å²) in [7, 11) is 1.34. The Kier molecular flexibility index (Phi) is 2.84. The fraction of sp³-hybridized carbons (Fsp3) is 0.857. The molecule has 1 atom stereocenters. The van der Waals surface area contributed by atoms with Gasteiger partial charge < -0.3 is 10.5 Å². The predicted octanol–water partition coefficient (Wildman–Crippen LogP) is 0.533. The number of nitrogens with two attached hydrogens (primary N) is 1. The molecule has 0 bridgehead atoms. The lowest BCUT2D eigenvalue weighted by molar-refractivity contribution is -0.144. The summed E-state index contributed by atoms with van der Waals surface area (Å²) in [6.45, 7) is 5.69. The number of methoxy groups -OCH3 is 1. The molecule has 0 saturated carbocycles. The maximum Gasteiger partial charge on any atom is 0.323 e. The van der Waals surface area contributed by atoms with E-state index in [-0.39, 0.29) is 11.4 Å². The van der Waals surface area contributed by atoms with Crippen LogP contribution in [0.25, 0.3) is 0 Å². The molecule has 0 rings (SSSR count). The Hall–Kier alpha value is -0.570. The first-order chi connectivity index (χ1) is 4.39. The lowest BCUT2D eigenvalue weighted by atomic mass is 9.88. The van der Waals surface area contributed by atoms with E-state index < -0.39 is 6.04 Å². The van der Waals surface area contributed by atoms with E-state index in [0.29, 0.717) is 0 Å². The second-order valence-electron chi connectivity index (χ2n) is 3.37. The molecule has 0 spiro atoms. The van der Waals surface area contributed by atoms with Crippen LogP contribution in [0.5, 0.6) is 0 Å². The predicted molar refractivity (Wildman–Crippen MR) is 39.4 cm³/mol. The van der Waals surface area contributed by atoms with Crippen molar-refractivity contribution in [3.05, 3.63) is 0 Å². The number of rotatable bonds is 1. The lowest BCUT2D eigenvalue weighted by Crippen LogP contribution is -2.42. The molecule has 2 N–H and O–H groups in total. The minimum atomic E-state index is -0.530. The average Bonchev–Trinajstić information content (AvgIpc) is 1.83. The molecule has 60 valence electrons. The topological polar surface area (TPSA) is 52.3 Å². The zero-order valence-corrected chi connectivity index (χ0v) is 6.97. The number of carbonyl (C=O) groups is 1. The molecule has 0 amide bonds. The maximum atomic E-state index is 10.8. The highest BCUT2D eigenvalue weighted by Gasteiger charge is 2.27. The van der Waals surface area contributed by atoms with Crippen LogP contribution in [0, 0.1) is 5.41 Å². The van der Waals surface area contributed by atoms with Crippen LogP contribution in [0.4, 0.5) is 0 Å². The first-order valence-electron chi connectivity index (χ1n) is 3.23. The third-order valence-corrected chi connectivity index (χ3v) is 1.39. The Morgan fingerprint density at radius 1 is 1.50 bits per heavy atom. The highest BCUT2D eigenvalue weighted by atomic mass is 16.5. The van der Waals surface area contributed by atoms with E-state index in [0.717, 1.165) is 0 Å². The van der Waals surface area contributed by atoms with Gasteiger partial charge in [-0.2, -0.15) is 0 Å². The van der Waals surface area contributed by atoms with Crippen molar-refractivity contribution in [3.8, 4) is 0 Å². The Labute approximate surface area is 61.5 Å². The monoisotopic (exact) mass is 145 g/mol. The Morgan fingerprint density at radius 2 is 1.90 bits per heavy atom. The average molecular weight is 145 g/mol. The molecule has 3 nitrogen and oxygen atoms in total. The van der Waals surface area contributed by atoms with Crippen molar-refractivity contribution in [3.63, 3.8) is 0 Å². The van der Waals surface area contributed by atoms with Gasteiger partial charge in [0.15, 0.2) is 0 Å². The summed E-state index contributed by atoms with van der Waals surface area (Å²) < 4.78 is 4.47. The minimum Gasteiger partial charge on any atom is -0.468 e. The van der Waals surface area contributed by atoms with Crippen molar-refractivity contribution in [2.24, 2.45) is 11.1 Å². The van der Waals surface area contributed by atoms with Crippen molar-refractivity contribution < 1.29 is 9.53 Å². The molecule has 0 aromatic carbocycles. The molecule has 0 aliphatic rings. The molecular weight excluding hydrogens is 130 g/mol. The fourth-order valence-corrected chi connectivity index (χ4v) is 0.481. The Bertz CT molecular complexity index is 126. The number of ether oxygens (including phenoxy) is 1. The Balaban J connectivity index is 4.08. The second-order valence-corrected chi connectivity index (χ2v) is 3.37. The van der Waals surface area contributed by atoms with Crippen LogP contribution in [-0.4, -0.2) is 19.1 Å². The van der Waals surface area contributed by atoms with Crippen LogP contribution < -0.4 is 5.73 Å². The summed E-state index contributed by atoms with van der Waals surface area (Å²) in [6.07, 6.45) is 0. The highest BCUT2D eigenvalue weighted by molar-refractivity contribution is 5.76. The molecule has 0 aliphatic heterocycles. The van der Waals surface area contributed by atoms with Crippen LogP contribution in [0.3, 0.4) is 0 Å². The molecule has 0 aromatic heterocycles. The molecule has 0 saturated heterocycles. The van der Waals surface area contributed by atoms with E-state index >= 15 is 0 Å². The number of hydrogen-bond acceptors (Lipinski definition) is 3. The summed E-state index contributed by atoms with van der Waals surface area (Å²) in [4.78, 5) is 10.8. The molecule has 0 radical (unpaired) electrons. The van der Waals surface area contributed by atoms with Gasteiger partial charge in [-0.25, -0.2) is 0 Å². The van der Waals surface area contributed by atoms with E-state index in [1.54, 1.807) is 0 Å². The summed E-state index contributed by atoms with van der Waals surface area (Å²) in [5.41, 5.74) is 5.32. The van der Waals surface area contributed by atoms with Gasteiger partial charge in [-0.15, -0.1) is 0 Å². The summed E-state index contributed by atoms with van der Waals surface area (Å²) in [5, 5.41) is 0.